The van der Waals surface area contributed by atoms with Crippen LogP contribution >= 0.6 is 34.8 Å². The zero-order chi connectivity index (χ0) is 17.5. The molecule has 0 aliphatic rings. The Hall–Kier alpha value is -0.299. The highest BCUT2D eigenvalue weighted by Gasteiger charge is 2.28. The van der Waals surface area contributed by atoms with Crippen LogP contribution in [0.3, 0.4) is 0 Å². The van der Waals surface area contributed by atoms with E-state index in [-0.39, 0.29) is 0 Å². The van der Waals surface area contributed by atoms with E-state index in [0.29, 0.717) is 11.0 Å². The highest BCUT2D eigenvalue weighted by atomic mass is 35.5. The Kier molecular flexibility index (Phi) is 8.34. The molecule has 0 fully saturated rings. The number of alkyl halides is 2. The largest absolute Gasteiger partial charge is 0.130 e. The fourth-order valence-electron chi connectivity index (χ4n) is 3.07. The van der Waals surface area contributed by atoms with Gasteiger partial charge in [0.05, 0.1) is 8.80 Å². The minimum atomic E-state index is -1.55. The van der Waals surface area contributed by atoms with Gasteiger partial charge in [-0.25, -0.2) is 0 Å². The lowest BCUT2D eigenvalue weighted by Gasteiger charge is -2.25. The Balaban J connectivity index is 2.52. The molecule has 0 amide bonds. The Bertz CT molecular complexity index is 660. The predicted octanol–water partition coefficient (Wildman–Crippen LogP) is 3.41. The minimum Gasteiger partial charge on any atom is -0.130 e. The third-order valence-electron chi connectivity index (χ3n) is 4.29. The van der Waals surface area contributed by atoms with Gasteiger partial charge in [-0.3, -0.25) is 0 Å². The predicted molar refractivity (Wildman–Crippen MR) is 120 cm³/mol. The van der Waals surface area contributed by atoms with Crippen molar-refractivity contribution in [2.45, 2.75) is 13.1 Å². The molecule has 2 aromatic carbocycles. The first kappa shape index (κ1) is 20.0. The number of halogens is 3. The quantitative estimate of drug-likeness (QED) is 0.467. The van der Waals surface area contributed by atoms with Crippen LogP contribution < -0.4 is 10.4 Å². The van der Waals surface area contributed by atoms with Crippen LogP contribution in [0.2, 0.25) is 13.1 Å². The molecule has 128 valence electrons. The van der Waals surface area contributed by atoms with Crippen LogP contribution in [-0.2, 0) is 0 Å². The summed E-state index contributed by atoms with van der Waals surface area (Å²) in [6.45, 7) is 4.72. The monoisotopic (exact) mass is 428 g/mol. The van der Waals surface area contributed by atoms with E-state index in [4.69, 9.17) is 34.8 Å². The van der Waals surface area contributed by atoms with Crippen LogP contribution in [0.25, 0.3) is 0 Å². The van der Waals surface area contributed by atoms with E-state index >= 15 is 0 Å². The molecule has 2 unspecified atom stereocenters. The SMILES string of the molecule is C[SiH](C)C(=C(Cl)[SiH](CCl)c1ccccc1)[SiH](CCl)c1ccccc1. The van der Waals surface area contributed by atoms with E-state index in [1.165, 1.54) is 15.2 Å². The van der Waals surface area contributed by atoms with Crippen molar-refractivity contribution >= 4 is 71.6 Å². The molecule has 0 nitrogen and oxygen atoms in total. The van der Waals surface area contributed by atoms with Gasteiger partial charge in [0.1, 0.15) is 17.6 Å². The van der Waals surface area contributed by atoms with Crippen LogP contribution in [0.15, 0.2) is 70.1 Å². The fraction of sp³-hybridized carbons (Fsp3) is 0.222. The fourth-order valence-corrected chi connectivity index (χ4v) is 18.4. The summed E-state index contributed by atoms with van der Waals surface area (Å²) in [5.74, 6) is 0. The van der Waals surface area contributed by atoms with Gasteiger partial charge in [-0.15, -0.1) is 23.2 Å². The van der Waals surface area contributed by atoms with Gasteiger partial charge in [0.25, 0.3) is 0 Å². The molecule has 2 atom stereocenters. The van der Waals surface area contributed by atoms with Crippen LogP contribution in [-0.4, -0.2) is 37.4 Å². The Morgan fingerprint density at radius 3 is 1.54 bits per heavy atom. The summed E-state index contributed by atoms with van der Waals surface area (Å²) in [4.78, 5) is 1.51. The Morgan fingerprint density at radius 1 is 0.750 bits per heavy atom. The third-order valence-corrected chi connectivity index (χ3v) is 18.0. The summed E-state index contributed by atoms with van der Waals surface area (Å²) in [5, 5.41) is 2.71. The van der Waals surface area contributed by atoms with Gasteiger partial charge in [-0.2, -0.15) is 0 Å². The molecule has 0 aliphatic carbocycles. The molecule has 0 bridgehead atoms. The van der Waals surface area contributed by atoms with E-state index in [1.807, 2.05) is 6.07 Å². The third kappa shape index (κ3) is 4.87. The van der Waals surface area contributed by atoms with E-state index < -0.39 is 26.4 Å². The molecule has 0 aliphatic heterocycles. The second-order valence-electron chi connectivity index (χ2n) is 6.19. The molecule has 6 heteroatoms. The summed E-state index contributed by atoms with van der Waals surface area (Å²) < 4.78 is 1.08. The van der Waals surface area contributed by atoms with Crippen LogP contribution in [0.1, 0.15) is 0 Å². The van der Waals surface area contributed by atoms with Gasteiger partial charge >= 0.3 is 0 Å². The summed E-state index contributed by atoms with van der Waals surface area (Å²) >= 11 is 19.9. The molecule has 0 N–H and O–H groups in total. The van der Waals surface area contributed by atoms with Gasteiger partial charge in [0, 0.05) is 11.0 Å². The maximum absolute atomic E-state index is 7.03. The van der Waals surface area contributed by atoms with Crippen molar-refractivity contribution in [1.82, 2.24) is 0 Å². The zero-order valence-corrected chi connectivity index (χ0v) is 19.8. The second-order valence-corrected chi connectivity index (χ2v) is 17.8. The molecule has 2 aromatic rings. The van der Waals surface area contributed by atoms with Crippen molar-refractivity contribution in [3.05, 3.63) is 70.1 Å². The summed E-state index contributed by atoms with van der Waals surface area (Å²) in [7, 11) is -4.08. The first-order valence-corrected chi connectivity index (χ1v) is 16.5. The van der Waals surface area contributed by atoms with Crippen molar-refractivity contribution in [3.8, 4) is 0 Å². The molecule has 0 aromatic heterocycles. The lowest BCUT2D eigenvalue weighted by atomic mass is 10.4. The highest BCUT2D eigenvalue weighted by Crippen LogP contribution is 2.21. The first-order valence-electron chi connectivity index (χ1n) is 8.21. The smallest absolute Gasteiger partial charge is 0.130 e. The van der Waals surface area contributed by atoms with E-state index in [1.54, 1.807) is 0 Å². The van der Waals surface area contributed by atoms with E-state index in [9.17, 15) is 0 Å². The average Bonchev–Trinajstić information content (AvgIpc) is 2.61. The number of rotatable bonds is 7. The van der Waals surface area contributed by atoms with Crippen molar-refractivity contribution in [2.75, 3.05) is 11.0 Å². The summed E-state index contributed by atoms with van der Waals surface area (Å²) in [5.41, 5.74) is 1.32. The normalized spacial score (nSPS) is 15.1. The lowest BCUT2D eigenvalue weighted by Crippen LogP contribution is -2.43. The molecule has 24 heavy (non-hydrogen) atoms. The number of hydrogen-bond donors (Lipinski definition) is 0. The number of hydrogen-bond acceptors (Lipinski definition) is 0. The van der Waals surface area contributed by atoms with Gasteiger partial charge in [-0.05, 0) is 4.66 Å². The van der Waals surface area contributed by atoms with Crippen LogP contribution in [0.4, 0.5) is 0 Å². The standard InChI is InChI=1S/C18H23Cl3Si3/c1-22(2)18(24(14-20)16-11-7-4-8-12-16)17(21)23(13-19)15-9-5-3-6-10-15/h3-12,22-24H,13-14H2,1-2H3. The molecule has 2 rings (SSSR count). The molecule has 0 saturated carbocycles. The van der Waals surface area contributed by atoms with Gasteiger partial charge in [0.2, 0.25) is 0 Å². The molecular weight excluding hydrogens is 407 g/mol. The summed E-state index contributed by atoms with van der Waals surface area (Å²) in [6.07, 6.45) is 0. The van der Waals surface area contributed by atoms with Gasteiger partial charge in [0.15, 0.2) is 0 Å². The minimum absolute atomic E-state index is 0.631. The maximum Gasteiger partial charge on any atom is 0.130 e. The molecular formula is C18H23Cl3Si3. The van der Waals surface area contributed by atoms with Gasteiger partial charge < -0.3 is 0 Å². The van der Waals surface area contributed by atoms with Crippen molar-refractivity contribution in [2.24, 2.45) is 0 Å². The molecule has 0 heterocycles. The second kappa shape index (κ2) is 10.00. The van der Waals surface area contributed by atoms with E-state index in [2.05, 4.69) is 67.7 Å². The number of benzene rings is 2. The maximum atomic E-state index is 7.03. The molecule has 0 saturated heterocycles. The molecule has 0 radical (unpaired) electrons. The molecule has 0 spiro atoms. The van der Waals surface area contributed by atoms with Crippen molar-refractivity contribution < 1.29 is 0 Å². The average molecular weight is 430 g/mol. The van der Waals surface area contributed by atoms with Crippen LogP contribution in [0, 0.1) is 0 Å². The van der Waals surface area contributed by atoms with Crippen LogP contribution in [0.5, 0.6) is 0 Å². The highest BCUT2D eigenvalue weighted by molar-refractivity contribution is 7.03. The Morgan fingerprint density at radius 2 is 1.17 bits per heavy atom. The Labute approximate surface area is 165 Å². The van der Waals surface area contributed by atoms with Gasteiger partial charge in [-0.1, -0.05) is 101 Å². The van der Waals surface area contributed by atoms with E-state index in [0.717, 1.165) is 4.66 Å². The first-order chi connectivity index (χ1) is 11.6. The van der Waals surface area contributed by atoms with Crippen molar-refractivity contribution in [1.29, 1.82) is 0 Å². The van der Waals surface area contributed by atoms with Crippen molar-refractivity contribution in [3.63, 3.8) is 0 Å². The zero-order valence-electron chi connectivity index (χ0n) is 14.1. The lowest BCUT2D eigenvalue weighted by molar-refractivity contribution is 1.71. The summed E-state index contributed by atoms with van der Waals surface area (Å²) in [6, 6.07) is 21.2. The topological polar surface area (TPSA) is 0 Å².